The Balaban J connectivity index is 2.09. The van der Waals surface area contributed by atoms with Crippen LogP contribution in [-0.4, -0.2) is 5.11 Å². The highest BCUT2D eigenvalue weighted by Gasteiger charge is 2.10. The molecule has 2 aromatic rings. The minimum Gasteiger partial charge on any atom is -0.332 e. The number of para-hydroxylation sites is 1. The first kappa shape index (κ1) is 18.5. The second-order valence-electron chi connectivity index (χ2n) is 6.70. The Kier molecular flexibility index (Phi) is 6.38. The number of hydrogen-bond acceptors (Lipinski definition) is 1. The Morgan fingerprint density at radius 1 is 1.00 bits per heavy atom. The average molecular weight is 341 g/mol. The zero-order valence-corrected chi connectivity index (χ0v) is 16.1. The molecular weight excluding hydrogens is 312 g/mol. The van der Waals surface area contributed by atoms with E-state index in [0.717, 1.165) is 17.8 Å². The quantitative estimate of drug-likeness (QED) is 0.612. The molecule has 0 saturated heterocycles. The Bertz CT molecular complexity index is 689. The van der Waals surface area contributed by atoms with E-state index in [2.05, 4.69) is 87.7 Å². The Hall–Kier alpha value is -1.87. The summed E-state index contributed by atoms with van der Waals surface area (Å²) in [6.45, 7) is 11.0. The Labute approximate surface area is 151 Å². The maximum Gasteiger partial charge on any atom is 0.175 e. The van der Waals surface area contributed by atoms with Gasteiger partial charge in [0.15, 0.2) is 5.11 Å². The zero-order valence-electron chi connectivity index (χ0n) is 15.3. The fourth-order valence-corrected chi connectivity index (χ4v) is 2.97. The highest BCUT2D eigenvalue weighted by Crippen LogP contribution is 2.27. The fraction of sp³-hybridized carbons (Fsp3) is 0.381. The summed E-state index contributed by atoms with van der Waals surface area (Å²) in [6.07, 6.45) is 1.15. The monoisotopic (exact) mass is 340 g/mol. The summed E-state index contributed by atoms with van der Waals surface area (Å²) in [5.74, 6) is 1.04. The van der Waals surface area contributed by atoms with Gasteiger partial charge in [-0.1, -0.05) is 58.0 Å². The van der Waals surface area contributed by atoms with Crippen LogP contribution in [0, 0.1) is 6.92 Å². The second-order valence-corrected chi connectivity index (χ2v) is 7.11. The van der Waals surface area contributed by atoms with Crippen LogP contribution in [0.15, 0.2) is 42.5 Å². The lowest BCUT2D eigenvalue weighted by Crippen LogP contribution is -2.20. The molecule has 0 radical (unpaired) electrons. The highest BCUT2D eigenvalue weighted by molar-refractivity contribution is 7.80. The van der Waals surface area contributed by atoms with Crippen molar-refractivity contribution in [2.75, 3.05) is 10.6 Å². The maximum absolute atomic E-state index is 5.51. The molecule has 2 rings (SSSR count). The van der Waals surface area contributed by atoms with E-state index in [1.54, 1.807) is 0 Å². The Morgan fingerprint density at radius 3 is 2.25 bits per heavy atom. The molecule has 2 nitrogen and oxygen atoms in total. The lowest BCUT2D eigenvalue weighted by molar-refractivity contribution is 0.734. The van der Waals surface area contributed by atoms with Crippen molar-refractivity contribution in [1.82, 2.24) is 0 Å². The van der Waals surface area contributed by atoms with E-state index in [-0.39, 0.29) is 0 Å². The van der Waals surface area contributed by atoms with Crippen LogP contribution in [0.3, 0.4) is 0 Å². The van der Waals surface area contributed by atoms with Gasteiger partial charge in [0.2, 0.25) is 0 Å². The molecule has 0 heterocycles. The van der Waals surface area contributed by atoms with Crippen molar-refractivity contribution in [3.05, 3.63) is 59.2 Å². The van der Waals surface area contributed by atoms with E-state index in [0.29, 0.717) is 16.9 Å². The van der Waals surface area contributed by atoms with E-state index in [4.69, 9.17) is 12.2 Å². The van der Waals surface area contributed by atoms with Crippen LogP contribution in [0.25, 0.3) is 0 Å². The number of thiocarbonyl (C=S) groups is 1. The van der Waals surface area contributed by atoms with Crippen molar-refractivity contribution in [3.8, 4) is 0 Å². The van der Waals surface area contributed by atoms with E-state index in [1.165, 1.54) is 16.7 Å². The average Bonchev–Trinajstić information content (AvgIpc) is 2.56. The van der Waals surface area contributed by atoms with Gasteiger partial charge in [-0.15, -0.1) is 0 Å². The summed E-state index contributed by atoms with van der Waals surface area (Å²) >= 11 is 5.51. The summed E-state index contributed by atoms with van der Waals surface area (Å²) in [5, 5.41) is 7.29. The molecule has 0 aliphatic carbocycles. The summed E-state index contributed by atoms with van der Waals surface area (Å²) < 4.78 is 0. The van der Waals surface area contributed by atoms with Gasteiger partial charge in [0.05, 0.1) is 0 Å². The molecule has 0 fully saturated rings. The number of benzene rings is 2. The third kappa shape index (κ3) is 4.57. The van der Waals surface area contributed by atoms with Crippen molar-refractivity contribution in [3.63, 3.8) is 0 Å². The van der Waals surface area contributed by atoms with Gasteiger partial charge in [0, 0.05) is 11.4 Å². The number of anilines is 2. The molecule has 2 aromatic carbocycles. The standard InChI is InChI=1S/C21H28N2S/c1-6-15(4)17-10-12-18(13-11-17)22-21(24)23-20-16(5)8-7-9-19(20)14(2)3/h7-15H,6H2,1-5H3,(H2,22,23,24). The number of aryl methyl sites for hydroxylation is 1. The van der Waals surface area contributed by atoms with Gasteiger partial charge >= 0.3 is 0 Å². The molecule has 0 saturated carbocycles. The second kappa shape index (κ2) is 8.29. The third-order valence-electron chi connectivity index (χ3n) is 4.52. The van der Waals surface area contributed by atoms with Gasteiger partial charge in [-0.05, 0) is 66.2 Å². The molecular formula is C21H28N2S. The molecule has 0 amide bonds. The van der Waals surface area contributed by atoms with Gasteiger partial charge in [-0.25, -0.2) is 0 Å². The molecule has 0 aliphatic heterocycles. The molecule has 0 aliphatic rings. The Morgan fingerprint density at radius 2 is 1.67 bits per heavy atom. The predicted octanol–water partition coefficient (Wildman–Crippen LogP) is 6.44. The number of hydrogen-bond donors (Lipinski definition) is 2. The minimum atomic E-state index is 0.449. The molecule has 24 heavy (non-hydrogen) atoms. The van der Waals surface area contributed by atoms with Crippen molar-refractivity contribution in [2.24, 2.45) is 0 Å². The van der Waals surface area contributed by atoms with Crippen molar-refractivity contribution >= 4 is 28.7 Å². The number of nitrogens with one attached hydrogen (secondary N) is 2. The lowest BCUT2D eigenvalue weighted by Gasteiger charge is -2.18. The van der Waals surface area contributed by atoms with Gasteiger partial charge in [0.1, 0.15) is 0 Å². The smallest absolute Gasteiger partial charge is 0.175 e. The molecule has 0 spiro atoms. The van der Waals surface area contributed by atoms with E-state index < -0.39 is 0 Å². The molecule has 128 valence electrons. The first-order valence-electron chi connectivity index (χ1n) is 8.69. The first-order valence-corrected chi connectivity index (χ1v) is 9.10. The molecule has 1 atom stereocenters. The van der Waals surface area contributed by atoms with Crippen LogP contribution >= 0.6 is 12.2 Å². The lowest BCUT2D eigenvalue weighted by atomic mass is 9.98. The summed E-state index contributed by atoms with van der Waals surface area (Å²) in [5.41, 5.74) is 5.98. The molecule has 2 N–H and O–H groups in total. The summed E-state index contributed by atoms with van der Waals surface area (Å²) in [6, 6.07) is 14.9. The zero-order chi connectivity index (χ0) is 17.7. The maximum atomic E-state index is 5.51. The van der Waals surface area contributed by atoms with Gasteiger partial charge in [-0.3, -0.25) is 0 Å². The predicted molar refractivity (Wildman–Crippen MR) is 110 cm³/mol. The third-order valence-corrected chi connectivity index (χ3v) is 4.72. The first-order chi connectivity index (χ1) is 11.4. The van der Waals surface area contributed by atoms with E-state index in [9.17, 15) is 0 Å². The van der Waals surface area contributed by atoms with E-state index >= 15 is 0 Å². The van der Waals surface area contributed by atoms with Crippen LogP contribution in [0.1, 0.15) is 62.6 Å². The molecule has 1 unspecified atom stereocenters. The normalized spacial score (nSPS) is 12.1. The summed E-state index contributed by atoms with van der Waals surface area (Å²) in [4.78, 5) is 0. The van der Waals surface area contributed by atoms with E-state index in [1.807, 2.05) is 0 Å². The van der Waals surface area contributed by atoms with Crippen molar-refractivity contribution in [2.45, 2.75) is 52.9 Å². The largest absolute Gasteiger partial charge is 0.332 e. The van der Waals surface area contributed by atoms with Crippen LogP contribution in [0.2, 0.25) is 0 Å². The fourth-order valence-electron chi connectivity index (χ4n) is 2.75. The molecule has 3 heteroatoms. The molecule has 0 aromatic heterocycles. The van der Waals surface area contributed by atoms with Crippen molar-refractivity contribution < 1.29 is 0 Å². The SMILES string of the molecule is CCC(C)c1ccc(NC(=S)Nc2c(C)cccc2C(C)C)cc1. The van der Waals surface area contributed by atoms with Crippen LogP contribution in [0.4, 0.5) is 11.4 Å². The van der Waals surface area contributed by atoms with Crippen LogP contribution < -0.4 is 10.6 Å². The minimum absolute atomic E-state index is 0.449. The molecule has 0 bridgehead atoms. The van der Waals surface area contributed by atoms with Crippen molar-refractivity contribution in [1.29, 1.82) is 0 Å². The van der Waals surface area contributed by atoms with Crippen LogP contribution in [0.5, 0.6) is 0 Å². The van der Waals surface area contributed by atoms with Gasteiger partial charge in [0.25, 0.3) is 0 Å². The van der Waals surface area contributed by atoms with Crippen LogP contribution in [-0.2, 0) is 0 Å². The topological polar surface area (TPSA) is 24.1 Å². The summed E-state index contributed by atoms with van der Waals surface area (Å²) in [7, 11) is 0. The van der Waals surface area contributed by atoms with Gasteiger partial charge in [-0.2, -0.15) is 0 Å². The highest BCUT2D eigenvalue weighted by atomic mass is 32.1. The number of rotatable bonds is 5. The van der Waals surface area contributed by atoms with Gasteiger partial charge < -0.3 is 10.6 Å².